The van der Waals surface area contributed by atoms with E-state index in [0.717, 1.165) is 5.69 Å². The molecule has 1 amide bonds. The van der Waals surface area contributed by atoms with E-state index in [1.54, 1.807) is 26.4 Å². The Morgan fingerprint density at radius 3 is 2.83 bits per heavy atom. The highest BCUT2D eigenvalue weighted by atomic mass is 16.5. The van der Waals surface area contributed by atoms with Gasteiger partial charge in [0.1, 0.15) is 5.69 Å². The molecule has 5 nitrogen and oxygen atoms in total. The zero-order valence-electron chi connectivity index (χ0n) is 11.4. The maximum Gasteiger partial charge on any atom is 0.272 e. The molecule has 0 aromatic carbocycles. The molecule has 0 bridgehead atoms. The molecule has 0 aliphatic rings. The molecule has 0 saturated carbocycles. The van der Waals surface area contributed by atoms with Gasteiger partial charge in [-0.3, -0.25) is 9.78 Å². The van der Waals surface area contributed by atoms with Crippen LogP contribution < -0.4 is 5.32 Å². The fraction of sp³-hybridized carbons (Fsp3) is 0.538. The van der Waals surface area contributed by atoms with E-state index < -0.39 is 0 Å². The summed E-state index contributed by atoms with van der Waals surface area (Å²) in [4.78, 5) is 17.3. The lowest BCUT2D eigenvalue weighted by molar-refractivity contribution is 0.0822. The third-order valence-electron chi connectivity index (χ3n) is 2.27. The van der Waals surface area contributed by atoms with Crippen molar-refractivity contribution in [3.8, 4) is 0 Å². The second kappa shape index (κ2) is 6.96. The van der Waals surface area contributed by atoms with Crippen molar-refractivity contribution in [3.05, 3.63) is 24.0 Å². The molecular formula is C13H21N3O2. The first-order chi connectivity index (χ1) is 8.50. The molecule has 0 radical (unpaired) electrons. The number of pyridine rings is 1. The highest BCUT2D eigenvalue weighted by Gasteiger charge is 2.09. The number of rotatable bonds is 6. The number of anilines is 1. The molecule has 1 aromatic heterocycles. The Hall–Kier alpha value is -1.62. The molecule has 0 fully saturated rings. The van der Waals surface area contributed by atoms with E-state index in [-0.39, 0.29) is 12.0 Å². The van der Waals surface area contributed by atoms with E-state index in [4.69, 9.17) is 4.74 Å². The summed E-state index contributed by atoms with van der Waals surface area (Å²) < 4.78 is 5.43. The van der Waals surface area contributed by atoms with Crippen LogP contribution in [0.2, 0.25) is 0 Å². The monoisotopic (exact) mass is 251 g/mol. The van der Waals surface area contributed by atoms with E-state index in [1.807, 2.05) is 19.9 Å². The number of carbonyl (C=O) groups is 1. The molecule has 5 heteroatoms. The second-order valence-electron chi connectivity index (χ2n) is 4.48. The molecule has 0 aliphatic heterocycles. The molecule has 0 spiro atoms. The number of nitrogens with one attached hydrogen (secondary N) is 1. The van der Waals surface area contributed by atoms with E-state index in [0.29, 0.717) is 18.8 Å². The summed E-state index contributed by atoms with van der Waals surface area (Å²) in [7, 11) is 3.42. The minimum atomic E-state index is -0.0999. The maximum absolute atomic E-state index is 11.7. The molecule has 18 heavy (non-hydrogen) atoms. The number of nitrogens with zero attached hydrogens (tertiary/aromatic N) is 2. The van der Waals surface area contributed by atoms with Crippen LogP contribution in [-0.2, 0) is 4.74 Å². The van der Waals surface area contributed by atoms with Crippen molar-refractivity contribution in [1.82, 2.24) is 9.88 Å². The lowest BCUT2D eigenvalue weighted by Crippen LogP contribution is -2.23. The summed E-state index contributed by atoms with van der Waals surface area (Å²) in [5.41, 5.74) is 1.32. The van der Waals surface area contributed by atoms with E-state index >= 15 is 0 Å². The van der Waals surface area contributed by atoms with Gasteiger partial charge in [-0.2, -0.15) is 0 Å². The lowest BCUT2D eigenvalue weighted by atomic mass is 10.3. The first kappa shape index (κ1) is 14.4. The molecular weight excluding hydrogens is 230 g/mol. The van der Waals surface area contributed by atoms with Crippen LogP contribution in [0.1, 0.15) is 24.3 Å². The maximum atomic E-state index is 11.7. The Labute approximate surface area is 108 Å². The topological polar surface area (TPSA) is 54.5 Å². The summed E-state index contributed by atoms with van der Waals surface area (Å²) in [5.74, 6) is -0.0999. The normalized spacial score (nSPS) is 10.5. The van der Waals surface area contributed by atoms with Gasteiger partial charge in [-0.1, -0.05) is 0 Å². The third kappa shape index (κ3) is 4.71. The Bertz CT molecular complexity index is 392. The quantitative estimate of drug-likeness (QED) is 0.781. The summed E-state index contributed by atoms with van der Waals surface area (Å²) in [6.07, 6.45) is 1.86. The van der Waals surface area contributed by atoms with Crippen molar-refractivity contribution in [2.45, 2.75) is 20.0 Å². The van der Waals surface area contributed by atoms with Gasteiger partial charge in [0.15, 0.2) is 0 Å². The summed E-state index contributed by atoms with van der Waals surface area (Å²) in [6, 6.07) is 3.58. The van der Waals surface area contributed by atoms with E-state index in [9.17, 15) is 4.79 Å². The van der Waals surface area contributed by atoms with Crippen LogP contribution >= 0.6 is 0 Å². The smallest absolute Gasteiger partial charge is 0.272 e. The molecule has 0 saturated heterocycles. The molecule has 0 unspecified atom stereocenters. The average Bonchev–Trinajstić information content (AvgIpc) is 2.33. The van der Waals surface area contributed by atoms with Gasteiger partial charge in [0.2, 0.25) is 0 Å². The largest absolute Gasteiger partial charge is 0.383 e. The van der Waals surface area contributed by atoms with Gasteiger partial charge in [0.05, 0.1) is 12.7 Å². The van der Waals surface area contributed by atoms with Crippen molar-refractivity contribution in [3.63, 3.8) is 0 Å². The predicted octanol–water partition coefficient (Wildman–Crippen LogP) is 1.62. The second-order valence-corrected chi connectivity index (χ2v) is 4.48. The van der Waals surface area contributed by atoms with Crippen molar-refractivity contribution in [2.24, 2.45) is 0 Å². The van der Waals surface area contributed by atoms with Gasteiger partial charge in [-0.15, -0.1) is 0 Å². The Morgan fingerprint density at radius 1 is 1.50 bits per heavy atom. The van der Waals surface area contributed by atoms with Gasteiger partial charge in [-0.25, -0.2) is 0 Å². The van der Waals surface area contributed by atoms with Crippen molar-refractivity contribution in [1.29, 1.82) is 0 Å². The SMILES string of the molecule is CC(C)OCCNc1ccnc(C(=O)N(C)C)c1. The van der Waals surface area contributed by atoms with E-state index in [1.165, 1.54) is 4.90 Å². The van der Waals surface area contributed by atoms with Crippen LogP contribution in [0.3, 0.4) is 0 Å². The minimum Gasteiger partial charge on any atom is -0.383 e. The highest BCUT2D eigenvalue weighted by Crippen LogP contribution is 2.08. The highest BCUT2D eigenvalue weighted by molar-refractivity contribution is 5.92. The summed E-state index contributed by atoms with van der Waals surface area (Å²) >= 11 is 0. The third-order valence-corrected chi connectivity index (χ3v) is 2.27. The number of hydrogen-bond donors (Lipinski definition) is 1. The van der Waals surface area contributed by atoms with Gasteiger partial charge >= 0.3 is 0 Å². The average molecular weight is 251 g/mol. The zero-order valence-corrected chi connectivity index (χ0v) is 11.4. The summed E-state index contributed by atoms with van der Waals surface area (Å²) in [5, 5.41) is 3.20. The predicted molar refractivity (Wildman–Crippen MR) is 71.8 cm³/mol. The number of carbonyl (C=O) groups excluding carboxylic acids is 1. The Kier molecular flexibility index (Phi) is 5.58. The number of hydrogen-bond acceptors (Lipinski definition) is 4. The summed E-state index contributed by atoms with van der Waals surface area (Å²) in [6.45, 7) is 5.34. The number of aromatic nitrogens is 1. The fourth-order valence-electron chi connectivity index (χ4n) is 1.38. The molecule has 100 valence electrons. The lowest BCUT2D eigenvalue weighted by Gasteiger charge is -2.12. The first-order valence-corrected chi connectivity index (χ1v) is 6.04. The standard InChI is InChI=1S/C13H21N3O2/c1-10(2)18-8-7-14-11-5-6-15-12(9-11)13(17)16(3)4/h5-6,9-10H,7-8H2,1-4H3,(H,14,15). The molecule has 0 aliphatic carbocycles. The van der Waals surface area contributed by atoms with Crippen LogP contribution in [0.5, 0.6) is 0 Å². The van der Waals surface area contributed by atoms with Crippen LogP contribution in [-0.4, -0.2) is 49.1 Å². The van der Waals surface area contributed by atoms with Crippen LogP contribution in [0, 0.1) is 0 Å². The molecule has 1 rings (SSSR count). The molecule has 0 atom stereocenters. The van der Waals surface area contributed by atoms with Crippen molar-refractivity contribution >= 4 is 11.6 Å². The number of amides is 1. The van der Waals surface area contributed by atoms with Crippen molar-refractivity contribution < 1.29 is 9.53 Å². The van der Waals surface area contributed by atoms with Gasteiger partial charge in [0, 0.05) is 32.5 Å². The first-order valence-electron chi connectivity index (χ1n) is 6.04. The molecule has 1 heterocycles. The van der Waals surface area contributed by atoms with Gasteiger partial charge in [0.25, 0.3) is 5.91 Å². The van der Waals surface area contributed by atoms with Gasteiger partial charge in [-0.05, 0) is 26.0 Å². The van der Waals surface area contributed by atoms with Crippen LogP contribution in [0.4, 0.5) is 5.69 Å². The van der Waals surface area contributed by atoms with Crippen LogP contribution in [0.25, 0.3) is 0 Å². The van der Waals surface area contributed by atoms with E-state index in [2.05, 4.69) is 10.3 Å². The fourth-order valence-corrected chi connectivity index (χ4v) is 1.38. The van der Waals surface area contributed by atoms with Crippen molar-refractivity contribution in [2.75, 3.05) is 32.6 Å². The zero-order chi connectivity index (χ0) is 13.5. The van der Waals surface area contributed by atoms with Gasteiger partial charge < -0.3 is 15.0 Å². The van der Waals surface area contributed by atoms with Crippen LogP contribution in [0.15, 0.2) is 18.3 Å². The minimum absolute atomic E-state index is 0.0999. The molecule has 1 aromatic rings. The number of ether oxygens (including phenoxy) is 1. The Balaban J connectivity index is 2.52. The Morgan fingerprint density at radius 2 is 2.22 bits per heavy atom. The molecule has 1 N–H and O–H groups in total.